The van der Waals surface area contributed by atoms with Crippen LogP contribution in [0.5, 0.6) is 0 Å². The Labute approximate surface area is 146 Å². The van der Waals surface area contributed by atoms with Crippen molar-refractivity contribution in [3.8, 4) is 5.69 Å². The molecule has 1 fully saturated rings. The van der Waals surface area contributed by atoms with Gasteiger partial charge in [-0.1, -0.05) is 20.9 Å². The molecule has 7 nitrogen and oxygen atoms in total. The van der Waals surface area contributed by atoms with Gasteiger partial charge in [-0.3, -0.25) is 14.6 Å². The number of benzene rings is 1. The molecule has 122 valence electrons. The van der Waals surface area contributed by atoms with Crippen molar-refractivity contribution >= 4 is 39.7 Å². The number of carbonyl (C=O) groups is 2. The van der Waals surface area contributed by atoms with Crippen molar-refractivity contribution in [2.45, 2.75) is 13.0 Å². The number of halogens is 1. The minimum Gasteiger partial charge on any atom is -0.270 e. The van der Waals surface area contributed by atoms with E-state index in [0.717, 1.165) is 20.8 Å². The highest BCUT2D eigenvalue weighted by atomic mass is 79.9. The van der Waals surface area contributed by atoms with Crippen LogP contribution in [-0.4, -0.2) is 46.2 Å². The van der Waals surface area contributed by atoms with E-state index in [4.69, 9.17) is 0 Å². The van der Waals surface area contributed by atoms with Crippen LogP contribution in [0.3, 0.4) is 0 Å². The summed E-state index contributed by atoms with van der Waals surface area (Å²) in [6.07, 6.45) is 1.90. The maximum absolute atomic E-state index is 12.6. The van der Waals surface area contributed by atoms with Crippen LogP contribution >= 0.6 is 15.9 Å². The van der Waals surface area contributed by atoms with E-state index in [-0.39, 0.29) is 11.9 Å². The van der Waals surface area contributed by atoms with Crippen molar-refractivity contribution in [1.29, 1.82) is 0 Å². The molecule has 2 aromatic rings. The third-order valence-electron chi connectivity index (χ3n) is 4.41. The van der Waals surface area contributed by atoms with Crippen LogP contribution in [0.1, 0.15) is 11.7 Å². The van der Waals surface area contributed by atoms with E-state index in [1.165, 1.54) is 11.9 Å². The van der Waals surface area contributed by atoms with E-state index in [0.29, 0.717) is 11.8 Å². The molecule has 1 unspecified atom stereocenters. The number of carbonyl (C=O) groups excluding carboxylic acids is 2. The van der Waals surface area contributed by atoms with Gasteiger partial charge in [-0.05, 0) is 31.2 Å². The molecule has 0 N–H and O–H groups in total. The van der Waals surface area contributed by atoms with Gasteiger partial charge in [0.15, 0.2) is 0 Å². The zero-order valence-corrected chi connectivity index (χ0v) is 15.0. The molecule has 0 spiro atoms. The average molecular weight is 389 g/mol. The lowest BCUT2D eigenvalue weighted by atomic mass is 10.2. The van der Waals surface area contributed by atoms with Crippen LogP contribution in [0, 0.1) is 6.92 Å². The first-order valence-corrected chi connectivity index (χ1v) is 8.22. The van der Waals surface area contributed by atoms with Crippen LogP contribution in [0.2, 0.25) is 0 Å². The number of likely N-dealkylation sites (N-methyl/N-ethyl adjacent to an activating group) is 2. The highest BCUT2D eigenvalue weighted by Crippen LogP contribution is 2.30. The van der Waals surface area contributed by atoms with E-state index in [1.54, 1.807) is 7.05 Å². The fraction of sp³-hybridized carbons (Fsp3) is 0.250. The number of imidazole rings is 1. The average Bonchev–Trinajstić information content (AvgIpc) is 3.06. The molecule has 2 aliphatic rings. The fourth-order valence-electron chi connectivity index (χ4n) is 3.17. The molecule has 8 heteroatoms. The number of aromatic nitrogens is 2. The lowest BCUT2D eigenvalue weighted by Crippen LogP contribution is -2.61. The summed E-state index contributed by atoms with van der Waals surface area (Å²) in [6, 6.07) is 6.90. The summed E-state index contributed by atoms with van der Waals surface area (Å²) in [5, 5.41) is 0. The Morgan fingerprint density at radius 1 is 1.12 bits per heavy atom. The molecule has 4 rings (SSSR count). The van der Waals surface area contributed by atoms with Crippen molar-refractivity contribution in [2.75, 3.05) is 14.1 Å². The summed E-state index contributed by atoms with van der Waals surface area (Å²) in [5.41, 5.74) is 1.91. The van der Waals surface area contributed by atoms with Gasteiger partial charge in [0.1, 0.15) is 17.6 Å². The second kappa shape index (κ2) is 5.01. The van der Waals surface area contributed by atoms with Gasteiger partial charge in [0.25, 0.3) is 5.91 Å². The van der Waals surface area contributed by atoms with Gasteiger partial charge in [0.2, 0.25) is 11.9 Å². The Kier molecular flexibility index (Phi) is 3.14. The first-order valence-electron chi connectivity index (χ1n) is 7.43. The molecule has 0 saturated carbocycles. The predicted molar refractivity (Wildman–Crippen MR) is 90.5 cm³/mol. The predicted octanol–water partition coefficient (Wildman–Crippen LogP) is 1.94. The van der Waals surface area contributed by atoms with Crippen LogP contribution in [-0.2, 0) is 4.79 Å². The SMILES string of the molecule is Cc1c[n+]2c(n1-c1ccc(Br)cc1)N=C1C2C(=O)N(C)C(=O)N1C. The van der Waals surface area contributed by atoms with Crippen molar-refractivity contribution < 1.29 is 14.2 Å². The fourth-order valence-corrected chi connectivity index (χ4v) is 3.44. The van der Waals surface area contributed by atoms with Gasteiger partial charge >= 0.3 is 12.0 Å². The third kappa shape index (κ3) is 1.89. The number of hydrogen-bond acceptors (Lipinski definition) is 3. The van der Waals surface area contributed by atoms with E-state index in [2.05, 4.69) is 20.9 Å². The molecule has 3 amide bonds. The number of rotatable bonds is 1. The topological polar surface area (TPSA) is 61.8 Å². The second-order valence-electron chi connectivity index (χ2n) is 5.90. The van der Waals surface area contributed by atoms with E-state index in [9.17, 15) is 9.59 Å². The van der Waals surface area contributed by atoms with E-state index < -0.39 is 6.04 Å². The Balaban J connectivity index is 1.90. The molecule has 1 aromatic heterocycles. The number of hydrogen-bond donors (Lipinski definition) is 0. The minimum atomic E-state index is -0.594. The molecule has 3 heterocycles. The molecule has 0 aliphatic carbocycles. The van der Waals surface area contributed by atoms with Crippen LogP contribution in [0.4, 0.5) is 10.7 Å². The lowest BCUT2D eigenvalue weighted by molar-refractivity contribution is -0.676. The Hall–Kier alpha value is -2.48. The maximum atomic E-state index is 12.6. The summed E-state index contributed by atoms with van der Waals surface area (Å²) in [6.45, 7) is 1.97. The largest absolute Gasteiger partial charge is 0.406 e. The normalized spacial score (nSPS) is 19.5. The zero-order valence-electron chi connectivity index (χ0n) is 13.4. The first-order chi connectivity index (χ1) is 11.4. The number of aryl methyl sites for hydroxylation is 1. The molecular formula is C16H15BrN5O2+. The molecular weight excluding hydrogens is 374 g/mol. The van der Waals surface area contributed by atoms with Gasteiger partial charge in [-0.25, -0.2) is 9.36 Å². The number of urea groups is 1. The molecule has 1 aromatic carbocycles. The van der Waals surface area contributed by atoms with Gasteiger partial charge in [0, 0.05) is 18.6 Å². The summed E-state index contributed by atoms with van der Waals surface area (Å²) in [4.78, 5) is 31.9. The summed E-state index contributed by atoms with van der Waals surface area (Å²) < 4.78 is 4.79. The minimum absolute atomic E-state index is 0.270. The number of fused-ring (bicyclic) bond motifs is 3. The number of aliphatic imine (C=N–C) groups is 1. The molecule has 2 aliphatic heterocycles. The smallest absolute Gasteiger partial charge is 0.270 e. The van der Waals surface area contributed by atoms with Crippen molar-refractivity contribution in [2.24, 2.45) is 4.99 Å². The van der Waals surface area contributed by atoms with E-state index >= 15 is 0 Å². The standard InChI is InChI=1S/C16H15BrN5O2/c1-9-8-21-12-13(19(2)16(24)20(3)14(12)23)18-15(21)22(9)11-6-4-10(17)5-7-11/h4-8,12H,1-3H3/q+1. The van der Waals surface area contributed by atoms with Gasteiger partial charge in [-0.15, -0.1) is 0 Å². The lowest BCUT2D eigenvalue weighted by Gasteiger charge is -2.30. The number of amides is 3. The summed E-state index contributed by atoms with van der Waals surface area (Å²) in [7, 11) is 3.13. The van der Waals surface area contributed by atoms with Gasteiger partial charge in [-0.2, -0.15) is 4.57 Å². The maximum Gasteiger partial charge on any atom is 0.406 e. The second-order valence-corrected chi connectivity index (χ2v) is 6.82. The molecule has 0 bridgehead atoms. The molecule has 1 atom stereocenters. The van der Waals surface area contributed by atoms with Crippen molar-refractivity contribution in [3.05, 3.63) is 40.6 Å². The monoisotopic (exact) mass is 388 g/mol. The third-order valence-corrected chi connectivity index (χ3v) is 4.94. The van der Waals surface area contributed by atoms with Crippen LogP contribution in [0.15, 0.2) is 39.9 Å². The highest BCUT2D eigenvalue weighted by Gasteiger charge is 2.52. The Bertz CT molecular complexity index is 915. The van der Waals surface area contributed by atoms with Crippen LogP contribution < -0.4 is 4.57 Å². The summed E-state index contributed by atoms with van der Waals surface area (Å²) >= 11 is 3.43. The molecule has 0 radical (unpaired) electrons. The Morgan fingerprint density at radius 2 is 1.79 bits per heavy atom. The van der Waals surface area contributed by atoms with E-state index in [1.807, 2.05) is 46.5 Å². The number of imide groups is 1. The van der Waals surface area contributed by atoms with Gasteiger partial charge in [0.05, 0.1) is 0 Å². The van der Waals surface area contributed by atoms with Crippen molar-refractivity contribution in [3.63, 3.8) is 0 Å². The van der Waals surface area contributed by atoms with Crippen molar-refractivity contribution in [1.82, 2.24) is 14.4 Å². The first kappa shape index (κ1) is 15.1. The molecule has 24 heavy (non-hydrogen) atoms. The number of amidine groups is 1. The van der Waals surface area contributed by atoms with Crippen LogP contribution in [0.25, 0.3) is 5.69 Å². The zero-order chi connectivity index (χ0) is 17.2. The quantitative estimate of drug-likeness (QED) is 0.700. The number of nitrogens with zero attached hydrogens (tertiary/aromatic N) is 5. The summed E-state index contributed by atoms with van der Waals surface area (Å²) in [5.74, 6) is 0.829. The Morgan fingerprint density at radius 3 is 2.46 bits per heavy atom. The van der Waals surface area contributed by atoms with Gasteiger partial charge < -0.3 is 0 Å². The highest BCUT2D eigenvalue weighted by molar-refractivity contribution is 9.10. The molecule has 1 saturated heterocycles.